The Hall–Kier alpha value is -2.90. The van der Waals surface area contributed by atoms with E-state index in [-0.39, 0.29) is 23.0 Å². The number of anilines is 1. The van der Waals surface area contributed by atoms with Gasteiger partial charge in [0.15, 0.2) is 0 Å². The van der Waals surface area contributed by atoms with Crippen molar-refractivity contribution in [2.75, 3.05) is 18.9 Å². The van der Waals surface area contributed by atoms with Crippen molar-refractivity contribution < 1.29 is 22.8 Å². The first kappa shape index (κ1) is 20.4. The third-order valence-electron chi connectivity index (χ3n) is 3.84. The molecule has 0 radical (unpaired) electrons. The smallest absolute Gasteiger partial charge is 0.340 e. The Morgan fingerprint density at radius 3 is 2.44 bits per heavy atom. The Kier molecular flexibility index (Phi) is 6.55. The van der Waals surface area contributed by atoms with Crippen molar-refractivity contribution in [3.8, 4) is 0 Å². The molecule has 0 saturated heterocycles. The molecule has 5 nitrogen and oxygen atoms in total. The number of rotatable bonds is 6. The van der Waals surface area contributed by atoms with Crippen molar-refractivity contribution in [2.45, 2.75) is 25.9 Å². The second-order valence-corrected chi connectivity index (χ2v) is 6.02. The predicted molar refractivity (Wildman–Crippen MR) is 95.5 cm³/mol. The third kappa shape index (κ3) is 5.54. The zero-order valence-corrected chi connectivity index (χ0v) is 15.0. The number of unbranched alkanes of at least 4 members (excludes halogenated alkanes) is 1. The lowest BCUT2D eigenvalue weighted by molar-refractivity contribution is -0.137. The fourth-order valence-electron chi connectivity index (χ4n) is 2.34. The predicted octanol–water partition coefficient (Wildman–Crippen LogP) is 4.22. The number of halogens is 3. The second kappa shape index (κ2) is 8.66. The highest BCUT2D eigenvalue weighted by molar-refractivity contribution is 6.03. The van der Waals surface area contributed by atoms with Gasteiger partial charge in [-0.25, -0.2) is 4.98 Å². The molecule has 0 fully saturated rings. The lowest BCUT2D eigenvalue weighted by Crippen LogP contribution is -2.29. The number of hydrogen-bond acceptors (Lipinski definition) is 3. The van der Waals surface area contributed by atoms with Gasteiger partial charge in [-0.3, -0.25) is 9.59 Å². The molecular weight excluding hydrogens is 359 g/mol. The van der Waals surface area contributed by atoms with Crippen molar-refractivity contribution >= 4 is 17.5 Å². The quantitative estimate of drug-likeness (QED) is 0.817. The number of nitrogens with zero attached hydrogens (tertiary/aromatic N) is 2. The average molecular weight is 379 g/mol. The van der Waals surface area contributed by atoms with E-state index >= 15 is 0 Å². The number of aromatic nitrogens is 1. The van der Waals surface area contributed by atoms with E-state index in [4.69, 9.17) is 0 Å². The summed E-state index contributed by atoms with van der Waals surface area (Å²) in [5.74, 6) is -1.02. The van der Waals surface area contributed by atoms with Gasteiger partial charge in [-0.05, 0) is 36.8 Å². The topological polar surface area (TPSA) is 62.3 Å². The van der Waals surface area contributed by atoms with Crippen LogP contribution in [0.5, 0.6) is 0 Å². The number of nitrogens with one attached hydrogen (secondary N) is 1. The van der Waals surface area contributed by atoms with Gasteiger partial charge in [-0.2, -0.15) is 13.2 Å². The van der Waals surface area contributed by atoms with Crippen LogP contribution in [0.2, 0.25) is 0 Å². The summed E-state index contributed by atoms with van der Waals surface area (Å²) in [4.78, 5) is 30.2. The normalized spacial score (nSPS) is 11.1. The summed E-state index contributed by atoms with van der Waals surface area (Å²) in [7, 11) is 1.65. The molecule has 1 aromatic heterocycles. The zero-order valence-electron chi connectivity index (χ0n) is 15.0. The van der Waals surface area contributed by atoms with Crippen LogP contribution in [0.1, 0.15) is 46.3 Å². The van der Waals surface area contributed by atoms with Crippen LogP contribution >= 0.6 is 0 Å². The minimum Gasteiger partial charge on any atom is -0.340 e. The van der Waals surface area contributed by atoms with E-state index in [1.807, 2.05) is 6.92 Å². The van der Waals surface area contributed by atoms with E-state index in [1.165, 1.54) is 35.2 Å². The number of alkyl halides is 3. The molecule has 0 unspecified atom stereocenters. The van der Waals surface area contributed by atoms with E-state index in [9.17, 15) is 22.8 Å². The van der Waals surface area contributed by atoms with Gasteiger partial charge in [0, 0.05) is 19.3 Å². The standard InChI is InChI=1S/C19H20F3N3O2/c1-3-4-11-25(2)18(27)16-10-6-9-15(24-16)17(26)23-14-8-5-7-13(12-14)19(20,21)22/h5-10,12H,3-4,11H2,1-2H3,(H,23,26). The molecule has 2 rings (SSSR count). The molecule has 0 aliphatic rings. The number of pyridine rings is 1. The zero-order chi connectivity index (χ0) is 20.0. The van der Waals surface area contributed by atoms with Gasteiger partial charge in [0.2, 0.25) is 0 Å². The number of benzene rings is 1. The Bertz CT molecular complexity index is 822. The molecule has 0 aliphatic carbocycles. The highest BCUT2D eigenvalue weighted by atomic mass is 19.4. The largest absolute Gasteiger partial charge is 0.416 e. The SMILES string of the molecule is CCCCN(C)C(=O)c1cccc(C(=O)Nc2cccc(C(F)(F)F)c2)n1. The summed E-state index contributed by atoms with van der Waals surface area (Å²) in [6.45, 7) is 2.58. The maximum absolute atomic E-state index is 12.8. The van der Waals surface area contributed by atoms with Crippen LogP contribution in [0.25, 0.3) is 0 Å². The molecule has 1 heterocycles. The van der Waals surface area contributed by atoms with Crippen molar-refractivity contribution in [1.82, 2.24) is 9.88 Å². The van der Waals surface area contributed by atoms with E-state index in [0.29, 0.717) is 6.54 Å². The summed E-state index contributed by atoms with van der Waals surface area (Å²) >= 11 is 0. The average Bonchev–Trinajstić information content (AvgIpc) is 2.65. The molecule has 144 valence electrons. The monoisotopic (exact) mass is 379 g/mol. The van der Waals surface area contributed by atoms with Gasteiger partial charge in [0.05, 0.1) is 5.56 Å². The van der Waals surface area contributed by atoms with Gasteiger partial charge in [0.1, 0.15) is 11.4 Å². The summed E-state index contributed by atoms with van der Waals surface area (Å²) < 4.78 is 38.3. The first-order valence-electron chi connectivity index (χ1n) is 8.43. The van der Waals surface area contributed by atoms with Crippen LogP contribution in [0, 0.1) is 0 Å². The summed E-state index contributed by atoms with van der Waals surface area (Å²) in [5, 5.41) is 2.37. The third-order valence-corrected chi connectivity index (χ3v) is 3.84. The Balaban J connectivity index is 2.15. The Labute approximate surface area is 155 Å². The van der Waals surface area contributed by atoms with E-state index in [0.717, 1.165) is 25.0 Å². The molecule has 1 aromatic carbocycles. The summed E-state index contributed by atoms with van der Waals surface area (Å²) in [5.41, 5.74) is -0.824. The van der Waals surface area contributed by atoms with Crippen LogP contribution in [-0.2, 0) is 6.18 Å². The summed E-state index contributed by atoms with van der Waals surface area (Å²) in [6.07, 6.45) is -2.73. The van der Waals surface area contributed by atoms with Crippen molar-refractivity contribution in [2.24, 2.45) is 0 Å². The molecule has 2 aromatic rings. The van der Waals surface area contributed by atoms with Crippen molar-refractivity contribution in [1.29, 1.82) is 0 Å². The van der Waals surface area contributed by atoms with Crippen LogP contribution in [0.4, 0.5) is 18.9 Å². The molecular formula is C19H20F3N3O2. The molecule has 0 spiro atoms. The molecule has 2 amide bonds. The van der Waals surface area contributed by atoms with E-state index in [1.54, 1.807) is 7.05 Å². The number of amides is 2. The van der Waals surface area contributed by atoms with Gasteiger partial charge in [0.25, 0.3) is 11.8 Å². The van der Waals surface area contributed by atoms with E-state index < -0.39 is 17.6 Å². The van der Waals surface area contributed by atoms with Crippen molar-refractivity contribution in [3.63, 3.8) is 0 Å². The maximum atomic E-state index is 12.8. The summed E-state index contributed by atoms with van der Waals surface area (Å²) in [6, 6.07) is 8.70. The van der Waals surface area contributed by atoms with Crippen LogP contribution in [0.3, 0.4) is 0 Å². The first-order chi connectivity index (χ1) is 12.7. The molecule has 27 heavy (non-hydrogen) atoms. The fourth-order valence-corrected chi connectivity index (χ4v) is 2.34. The van der Waals surface area contributed by atoms with E-state index in [2.05, 4.69) is 10.3 Å². The van der Waals surface area contributed by atoms with Crippen molar-refractivity contribution in [3.05, 3.63) is 59.4 Å². The highest BCUT2D eigenvalue weighted by Crippen LogP contribution is 2.30. The first-order valence-corrected chi connectivity index (χ1v) is 8.43. The fraction of sp³-hybridized carbons (Fsp3) is 0.316. The second-order valence-electron chi connectivity index (χ2n) is 6.02. The number of carbonyl (C=O) groups excluding carboxylic acids is 2. The van der Waals surface area contributed by atoms with Gasteiger partial charge in [-0.1, -0.05) is 25.5 Å². The molecule has 0 atom stereocenters. The molecule has 0 bridgehead atoms. The van der Waals surface area contributed by atoms with Gasteiger partial charge < -0.3 is 10.2 Å². The Morgan fingerprint density at radius 2 is 1.78 bits per heavy atom. The Morgan fingerprint density at radius 1 is 1.11 bits per heavy atom. The number of carbonyl (C=O) groups is 2. The van der Waals surface area contributed by atoms with Crippen LogP contribution in [0.15, 0.2) is 42.5 Å². The van der Waals surface area contributed by atoms with Gasteiger partial charge >= 0.3 is 6.18 Å². The maximum Gasteiger partial charge on any atom is 0.416 e. The molecule has 8 heteroatoms. The lowest BCUT2D eigenvalue weighted by Gasteiger charge is -2.16. The molecule has 0 saturated carbocycles. The molecule has 1 N–H and O–H groups in total. The highest BCUT2D eigenvalue weighted by Gasteiger charge is 2.30. The molecule has 0 aliphatic heterocycles. The minimum atomic E-state index is -4.51. The van der Waals surface area contributed by atoms with Crippen LogP contribution in [-0.4, -0.2) is 35.3 Å². The number of hydrogen-bond donors (Lipinski definition) is 1. The van der Waals surface area contributed by atoms with Gasteiger partial charge in [-0.15, -0.1) is 0 Å². The van der Waals surface area contributed by atoms with Crippen LogP contribution < -0.4 is 5.32 Å². The minimum absolute atomic E-state index is 0.00609. The lowest BCUT2D eigenvalue weighted by atomic mass is 10.2.